The lowest BCUT2D eigenvalue weighted by Gasteiger charge is -2.15. The van der Waals surface area contributed by atoms with Crippen LogP contribution in [0.3, 0.4) is 0 Å². The van der Waals surface area contributed by atoms with Crippen LogP contribution in [0.4, 0.5) is 0 Å². The molecule has 1 unspecified atom stereocenters. The van der Waals surface area contributed by atoms with Crippen molar-refractivity contribution in [2.75, 3.05) is 13.7 Å². The largest absolute Gasteiger partial charge is 0.493 e. The molecule has 7 heteroatoms. The second kappa shape index (κ2) is 11.3. The quantitative estimate of drug-likeness (QED) is 0.563. The highest BCUT2D eigenvalue weighted by Gasteiger charge is 2.17. The first kappa shape index (κ1) is 23.3. The first-order chi connectivity index (χ1) is 14.3. The van der Waals surface area contributed by atoms with Crippen LogP contribution in [0, 0.1) is 5.92 Å². The number of nitrogens with one attached hydrogen (secondary N) is 1. The van der Waals surface area contributed by atoms with Crippen molar-refractivity contribution in [2.24, 2.45) is 11.7 Å². The van der Waals surface area contributed by atoms with Gasteiger partial charge in [0.2, 0.25) is 11.8 Å². The molecule has 0 aromatic heterocycles. The van der Waals surface area contributed by atoms with Gasteiger partial charge in [0, 0.05) is 12.5 Å². The SMILES string of the molecule is COc1cc(/C=C/C(=O)NC(Cc2ccccc2)C(N)=O)cc(Cl)c1OCC(C)C. The number of ether oxygens (including phenoxy) is 2. The number of hydrogen-bond donors (Lipinski definition) is 2. The molecular formula is C23H27ClN2O4. The average Bonchev–Trinajstić information content (AvgIpc) is 2.71. The van der Waals surface area contributed by atoms with E-state index in [1.165, 1.54) is 13.2 Å². The van der Waals surface area contributed by atoms with Gasteiger partial charge in [-0.05, 0) is 35.3 Å². The third-order valence-corrected chi connectivity index (χ3v) is 4.46. The second-order valence-corrected chi connectivity index (χ2v) is 7.63. The number of amides is 2. The molecule has 2 aromatic carbocycles. The molecule has 0 bridgehead atoms. The predicted molar refractivity (Wildman–Crippen MR) is 119 cm³/mol. The Morgan fingerprint density at radius 3 is 2.50 bits per heavy atom. The van der Waals surface area contributed by atoms with Gasteiger partial charge in [0.05, 0.1) is 18.7 Å². The smallest absolute Gasteiger partial charge is 0.244 e. The zero-order valence-electron chi connectivity index (χ0n) is 17.4. The summed E-state index contributed by atoms with van der Waals surface area (Å²) in [6.07, 6.45) is 3.22. The van der Waals surface area contributed by atoms with Gasteiger partial charge in [-0.15, -0.1) is 0 Å². The van der Waals surface area contributed by atoms with Crippen LogP contribution in [0.1, 0.15) is 25.0 Å². The summed E-state index contributed by atoms with van der Waals surface area (Å²) in [6.45, 7) is 4.57. The maximum Gasteiger partial charge on any atom is 0.244 e. The first-order valence-corrected chi connectivity index (χ1v) is 10.00. The number of carbonyl (C=O) groups excluding carboxylic acids is 2. The van der Waals surface area contributed by atoms with Gasteiger partial charge in [0.25, 0.3) is 0 Å². The van der Waals surface area contributed by atoms with Gasteiger partial charge >= 0.3 is 0 Å². The summed E-state index contributed by atoms with van der Waals surface area (Å²) >= 11 is 6.33. The second-order valence-electron chi connectivity index (χ2n) is 7.23. The van der Waals surface area contributed by atoms with Crippen LogP contribution in [0.2, 0.25) is 5.02 Å². The molecule has 0 aliphatic rings. The lowest BCUT2D eigenvalue weighted by Crippen LogP contribution is -2.45. The van der Waals surface area contributed by atoms with Gasteiger partial charge in [-0.2, -0.15) is 0 Å². The van der Waals surface area contributed by atoms with Gasteiger partial charge < -0.3 is 20.5 Å². The molecule has 0 saturated carbocycles. The molecule has 2 aromatic rings. The number of hydrogen-bond acceptors (Lipinski definition) is 4. The number of benzene rings is 2. The van der Waals surface area contributed by atoms with E-state index in [1.807, 2.05) is 44.2 Å². The van der Waals surface area contributed by atoms with E-state index in [0.717, 1.165) is 5.56 Å². The Morgan fingerprint density at radius 2 is 1.90 bits per heavy atom. The molecule has 1 atom stereocenters. The van der Waals surface area contributed by atoms with E-state index in [0.29, 0.717) is 41.0 Å². The van der Waals surface area contributed by atoms with E-state index in [4.69, 9.17) is 26.8 Å². The Bertz CT molecular complexity index is 898. The van der Waals surface area contributed by atoms with Crippen molar-refractivity contribution in [3.8, 4) is 11.5 Å². The summed E-state index contributed by atoms with van der Waals surface area (Å²) in [5, 5.41) is 3.02. The van der Waals surface area contributed by atoms with Crippen molar-refractivity contribution in [2.45, 2.75) is 26.3 Å². The number of halogens is 1. The highest BCUT2D eigenvalue weighted by molar-refractivity contribution is 6.32. The highest BCUT2D eigenvalue weighted by Crippen LogP contribution is 2.37. The number of nitrogens with two attached hydrogens (primary N) is 1. The monoisotopic (exact) mass is 430 g/mol. The van der Waals surface area contributed by atoms with Gasteiger partial charge in [-0.1, -0.05) is 55.8 Å². The van der Waals surface area contributed by atoms with Crippen molar-refractivity contribution < 1.29 is 19.1 Å². The van der Waals surface area contributed by atoms with Crippen LogP contribution in [0.5, 0.6) is 11.5 Å². The van der Waals surface area contributed by atoms with E-state index in [-0.39, 0.29) is 0 Å². The zero-order chi connectivity index (χ0) is 22.1. The molecule has 0 saturated heterocycles. The molecular weight excluding hydrogens is 404 g/mol. The van der Waals surface area contributed by atoms with Gasteiger partial charge in [0.1, 0.15) is 6.04 Å². The lowest BCUT2D eigenvalue weighted by molar-refractivity contribution is -0.124. The summed E-state index contributed by atoms with van der Waals surface area (Å²) in [6, 6.07) is 11.9. The topological polar surface area (TPSA) is 90.6 Å². The Balaban J connectivity index is 2.08. The number of rotatable bonds is 10. The minimum Gasteiger partial charge on any atom is -0.493 e. The molecule has 30 heavy (non-hydrogen) atoms. The summed E-state index contributed by atoms with van der Waals surface area (Å²) in [4.78, 5) is 24.0. The molecule has 0 aliphatic carbocycles. The molecule has 0 heterocycles. The Morgan fingerprint density at radius 1 is 1.20 bits per heavy atom. The Hall–Kier alpha value is -2.99. The van der Waals surface area contributed by atoms with Crippen LogP contribution >= 0.6 is 11.6 Å². The maximum absolute atomic E-state index is 12.3. The minimum absolute atomic E-state index is 0.317. The first-order valence-electron chi connectivity index (χ1n) is 9.62. The van der Waals surface area contributed by atoms with Crippen LogP contribution in [-0.4, -0.2) is 31.6 Å². The summed E-state index contributed by atoms with van der Waals surface area (Å²) in [7, 11) is 1.52. The third-order valence-electron chi connectivity index (χ3n) is 4.18. The van der Waals surface area contributed by atoms with E-state index in [2.05, 4.69) is 5.32 Å². The fourth-order valence-electron chi connectivity index (χ4n) is 2.69. The summed E-state index contributed by atoms with van der Waals surface area (Å²) in [5.41, 5.74) is 7.00. The van der Waals surface area contributed by atoms with Gasteiger partial charge in [-0.25, -0.2) is 0 Å². The standard InChI is InChI=1S/C23H27ClN2O4/c1-15(2)14-30-22-18(24)11-17(13-20(22)29-3)9-10-21(27)26-19(23(25)28)12-16-7-5-4-6-8-16/h4-11,13,15,19H,12,14H2,1-3H3,(H2,25,28)(H,26,27)/b10-9+. The van der Waals surface area contributed by atoms with Crippen molar-refractivity contribution in [1.82, 2.24) is 5.32 Å². The van der Waals surface area contributed by atoms with Crippen LogP contribution in [0.25, 0.3) is 6.08 Å². The van der Waals surface area contributed by atoms with Crippen LogP contribution in [-0.2, 0) is 16.0 Å². The van der Waals surface area contributed by atoms with Crippen molar-refractivity contribution >= 4 is 29.5 Å². The zero-order valence-corrected chi connectivity index (χ0v) is 18.1. The molecule has 6 nitrogen and oxygen atoms in total. The van der Waals surface area contributed by atoms with Crippen LogP contribution in [0.15, 0.2) is 48.5 Å². The number of carbonyl (C=O) groups is 2. The lowest BCUT2D eigenvalue weighted by atomic mass is 10.1. The number of primary amides is 1. The van der Waals surface area contributed by atoms with Gasteiger partial charge in [-0.3, -0.25) is 9.59 Å². The fraction of sp³-hybridized carbons (Fsp3) is 0.304. The van der Waals surface area contributed by atoms with Gasteiger partial charge in [0.15, 0.2) is 11.5 Å². The molecule has 160 valence electrons. The van der Waals surface area contributed by atoms with E-state index in [9.17, 15) is 9.59 Å². The van der Waals surface area contributed by atoms with Crippen molar-refractivity contribution in [3.05, 3.63) is 64.7 Å². The third kappa shape index (κ3) is 7.12. The van der Waals surface area contributed by atoms with Crippen LogP contribution < -0.4 is 20.5 Å². The highest BCUT2D eigenvalue weighted by atomic mass is 35.5. The maximum atomic E-state index is 12.3. The minimum atomic E-state index is -0.811. The molecule has 0 fully saturated rings. The Labute approximate surface area is 182 Å². The molecule has 0 aliphatic heterocycles. The van der Waals surface area contributed by atoms with E-state index in [1.54, 1.807) is 18.2 Å². The van der Waals surface area contributed by atoms with E-state index >= 15 is 0 Å². The molecule has 0 spiro atoms. The van der Waals surface area contributed by atoms with Crippen molar-refractivity contribution in [3.63, 3.8) is 0 Å². The average molecular weight is 431 g/mol. The Kier molecular flexibility index (Phi) is 8.74. The predicted octanol–water partition coefficient (Wildman–Crippen LogP) is 3.61. The molecule has 2 rings (SSSR count). The summed E-state index contributed by atoms with van der Waals surface area (Å²) < 4.78 is 11.1. The van der Waals surface area contributed by atoms with E-state index < -0.39 is 17.9 Å². The molecule has 3 N–H and O–H groups in total. The normalized spacial score (nSPS) is 12.0. The number of methoxy groups -OCH3 is 1. The summed E-state index contributed by atoms with van der Waals surface area (Å²) in [5.74, 6) is 0.235. The molecule has 0 radical (unpaired) electrons. The molecule has 2 amide bonds. The van der Waals surface area contributed by atoms with Crippen molar-refractivity contribution in [1.29, 1.82) is 0 Å². The fourth-order valence-corrected chi connectivity index (χ4v) is 2.96.